The van der Waals surface area contributed by atoms with Crippen molar-refractivity contribution in [3.63, 3.8) is 0 Å². The predicted octanol–water partition coefficient (Wildman–Crippen LogP) is 1.70. The zero-order chi connectivity index (χ0) is 14.3. The molecule has 1 saturated heterocycles. The number of halogens is 3. The number of ketones is 1. The summed E-state index contributed by atoms with van der Waals surface area (Å²) in [5.41, 5.74) is 3.59. The molecule has 4 nitrogen and oxygen atoms in total. The number of aryl methyl sites for hydroxylation is 1. The van der Waals surface area contributed by atoms with E-state index in [4.69, 9.17) is 5.73 Å². The average Bonchev–Trinajstić information content (AvgIpc) is 2.81. The lowest BCUT2D eigenvalue weighted by molar-refractivity contribution is -0.197. The van der Waals surface area contributed by atoms with Crippen LogP contribution in [-0.4, -0.2) is 30.0 Å². The fourth-order valence-corrected chi connectivity index (χ4v) is 2.28. The maximum absolute atomic E-state index is 13.3. The quantitative estimate of drug-likeness (QED) is 0.805. The lowest BCUT2D eigenvalue weighted by Crippen LogP contribution is -2.47. The molecule has 1 aliphatic heterocycles. The molecule has 0 aliphatic carbocycles. The number of pyridine rings is 1. The number of rotatable bonds is 2. The van der Waals surface area contributed by atoms with Crippen LogP contribution in [0.3, 0.4) is 0 Å². The molecule has 0 spiro atoms. The van der Waals surface area contributed by atoms with Gasteiger partial charge in [0.25, 0.3) is 0 Å². The number of carbonyl (C=O) groups is 1. The van der Waals surface area contributed by atoms with Gasteiger partial charge in [-0.15, -0.1) is 0 Å². The molecule has 1 unspecified atom stereocenters. The molecule has 0 bridgehead atoms. The Balaban J connectivity index is 2.49. The summed E-state index contributed by atoms with van der Waals surface area (Å²) in [6.07, 6.45) is -3.47. The fraction of sp³-hybridized carbons (Fsp3) is 0.500. The minimum Gasteiger partial charge on any atom is -0.383 e. The van der Waals surface area contributed by atoms with E-state index in [9.17, 15) is 18.0 Å². The minimum absolute atomic E-state index is 0.152. The number of Topliss-reactive ketones (excluding diaryl/α,β-unsaturated/α-hetero) is 1. The van der Waals surface area contributed by atoms with Crippen LogP contribution in [-0.2, 0) is 0 Å². The van der Waals surface area contributed by atoms with E-state index in [0.29, 0.717) is 5.56 Å². The maximum Gasteiger partial charge on any atom is 0.402 e. The van der Waals surface area contributed by atoms with Gasteiger partial charge in [-0.3, -0.25) is 4.79 Å². The summed E-state index contributed by atoms with van der Waals surface area (Å²) < 4.78 is 39.8. The smallest absolute Gasteiger partial charge is 0.383 e. The molecule has 0 amide bonds. The van der Waals surface area contributed by atoms with Crippen molar-refractivity contribution < 1.29 is 18.0 Å². The van der Waals surface area contributed by atoms with Gasteiger partial charge < -0.3 is 11.1 Å². The first kappa shape index (κ1) is 13.8. The van der Waals surface area contributed by atoms with Crippen LogP contribution in [0.4, 0.5) is 19.0 Å². The van der Waals surface area contributed by atoms with E-state index >= 15 is 0 Å². The lowest BCUT2D eigenvalue weighted by Gasteiger charge is -2.29. The van der Waals surface area contributed by atoms with E-state index in [1.807, 2.05) is 0 Å². The van der Waals surface area contributed by atoms with Gasteiger partial charge in [-0.2, -0.15) is 13.2 Å². The zero-order valence-electron chi connectivity index (χ0n) is 10.3. The lowest BCUT2D eigenvalue weighted by atomic mass is 9.78. The standard InChI is InChI=1S/C12H14F3N3O/c1-7-4-8(10(16)18-5-7)9(19)11(12(13,14)15)2-3-17-6-11/h4-5,17H,2-3,6H2,1H3,(H2,16,18). The van der Waals surface area contributed by atoms with E-state index in [2.05, 4.69) is 10.3 Å². The van der Waals surface area contributed by atoms with Crippen LogP contribution in [0.15, 0.2) is 12.3 Å². The van der Waals surface area contributed by atoms with Gasteiger partial charge in [-0.1, -0.05) is 0 Å². The number of hydrogen-bond donors (Lipinski definition) is 2. The molecule has 3 N–H and O–H groups in total. The molecule has 2 heterocycles. The third kappa shape index (κ3) is 2.18. The Morgan fingerprint density at radius 2 is 2.21 bits per heavy atom. The first-order chi connectivity index (χ1) is 8.78. The second-order valence-corrected chi connectivity index (χ2v) is 4.78. The van der Waals surface area contributed by atoms with E-state index in [-0.39, 0.29) is 24.3 Å². The van der Waals surface area contributed by atoms with Crippen LogP contribution in [0.5, 0.6) is 0 Å². The van der Waals surface area contributed by atoms with Crippen molar-refractivity contribution >= 4 is 11.6 Å². The highest BCUT2D eigenvalue weighted by Gasteiger charge is 2.61. The number of nitrogens with one attached hydrogen (secondary N) is 1. The van der Waals surface area contributed by atoms with Crippen LogP contribution >= 0.6 is 0 Å². The molecule has 0 aromatic carbocycles. The van der Waals surface area contributed by atoms with Gasteiger partial charge >= 0.3 is 6.18 Å². The molecule has 0 radical (unpaired) electrons. The summed E-state index contributed by atoms with van der Waals surface area (Å²) >= 11 is 0. The molecular formula is C12H14F3N3O. The first-order valence-electron chi connectivity index (χ1n) is 5.82. The molecule has 1 aromatic rings. The Bertz CT molecular complexity index is 507. The third-order valence-electron chi connectivity index (χ3n) is 3.43. The zero-order valence-corrected chi connectivity index (χ0v) is 10.3. The molecular weight excluding hydrogens is 259 g/mol. The third-order valence-corrected chi connectivity index (χ3v) is 3.43. The highest BCUT2D eigenvalue weighted by Crippen LogP contribution is 2.45. The van der Waals surface area contributed by atoms with Crippen molar-refractivity contribution in [3.05, 3.63) is 23.4 Å². The molecule has 7 heteroatoms. The normalized spacial score (nSPS) is 23.6. The highest BCUT2D eigenvalue weighted by atomic mass is 19.4. The number of nitrogens with zero attached hydrogens (tertiary/aromatic N) is 1. The van der Waals surface area contributed by atoms with Crippen molar-refractivity contribution in [1.29, 1.82) is 0 Å². The number of aromatic nitrogens is 1. The number of nitrogen functional groups attached to an aromatic ring is 1. The Kier molecular flexibility index (Phi) is 3.25. The van der Waals surface area contributed by atoms with Gasteiger partial charge in [0, 0.05) is 12.7 Å². The average molecular weight is 273 g/mol. The summed E-state index contributed by atoms with van der Waals surface area (Å²) in [5.74, 6) is -1.16. The fourth-order valence-electron chi connectivity index (χ4n) is 2.28. The molecule has 1 aromatic heterocycles. The van der Waals surface area contributed by atoms with Crippen molar-refractivity contribution in [2.24, 2.45) is 5.41 Å². The Labute approximate surface area is 108 Å². The van der Waals surface area contributed by atoms with Gasteiger partial charge in [0.15, 0.2) is 5.78 Å². The minimum atomic E-state index is -4.61. The summed E-state index contributed by atoms with van der Waals surface area (Å²) in [6, 6.07) is 1.36. The summed E-state index contributed by atoms with van der Waals surface area (Å²) in [7, 11) is 0. The van der Waals surface area contributed by atoms with Crippen LogP contribution in [0.25, 0.3) is 0 Å². The van der Waals surface area contributed by atoms with E-state index in [1.54, 1.807) is 6.92 Å². The number of hydrogen-bond acceptors (Lipinski definition) is 4. The highest BCUT2D eigenvalue weighted by molar-refractivity contribution is 6.05. The van der Waals surface area contributed by atoms with E-state index in [0.717, 1.165) is 0 Å². The number of alkyl halides is 3. The first-order valence-corrected chi connectivity index (χ1v) is 5.82. The Morgan fingerprint density at radius 3 is 2.74 bits per heavy atom. The molecule has 1 aliphatic rings. The Hall–Kier alpha value is -1.63. The monoisotopic (exact) mass is 273 g/mol. The van der Waals surface area contributed by atoms with Crippen molar-refractivity contribution in [2.45, 2.75) is 19.5 Å². The number of carbonyl (C=O) groups excluding carboxylic acids is 1. The van der Waals surface area contributed by atoms with Crippen LogP contribution in [0.1, 0.15) is 22.3 Å². The predicted molar refractivity (Wildman–Crippen MR) is 63.7 cm³/mol. The summed E-state index contributed by atoms with van der Waals surface area (Å²) in [5, 5.41) is 2.60. The van der Waals surface area contributed by atoms with Gasteiger partial charge in [0.05, 0.1) is 5.56 Å². The second kappa shape index (κ2) is 4.48. The molecule has 0 saturated carbocycles. The Morgan fingerprint density at radius 1 is 1.53 bits per heavy atom. The summed E-state index contributed by atoms with van der Waals surface area (Å²) in [4.78, 5) is 16.1. The van der Waals surface area contributed by atoms with Gasteiger partial charge in [0.1, 0.15) is 11.2 Å². The largest absolute Gasteiger partial charge is 0.402 e. The number of nitrogens with two attached hydrogens (primary N) is 1. The topological polar surface area (TPSA) is 68.0 Å². The van der Waals surface area contributed by atoms with Crippen molar-refractivity contribution in [1.82, 2.24) is 10.3 Å². The molecule has 1 fully saturated rings. The van der Waals surface area contributed by atoms with Crippen LogP contribution in [0.2, 0.25) is 0 Å². The maximum atomic E-state index is 13.3. The molecule has 2 rings (SSSR count). The number of anilines is 1. The van der Waals surface area contributed by atoms with Gasteiger partial charge in [0.2, 0.25) is 0 Å². The van der Waals surface area contributed by atoms with Gasteiger partial charge in [-0.25, -0.2) is 4.98 Å². The second-order valence-electron chi connectivity index (χ2n) is 4.78. The van der Waals surface area contributed by atoms with E-state index < -0.39 is 23.9 Å². The SMILES string of the molecule is Cc1cnc(N)c(C(=O)C2(C(F)(F)F)CCNC2)c1. The van der Waals surface area contributed by atoms with Crippen LogP contribution < -0.4 is 11.1 Å². The molecule has 19 heavy (non-hydrogen) atoms. The molecule has 1 atom stereocenters. The molecule has 104 valence electrons. The van der Waals surface area contributed by atoms with Gasteiger partial charge in [-0.05, 0) is 31.5 Å². The van der Waals surface area contributed by atoms with Crippen LogP contribution in [0, 0.1) is 12.3 Å². The van der Waals surface area contributed by atoms with Crippen molar-refractivity contribution in [3.8, 4) is 0 Å². The van der Waals surface area contributed by atoms with Crippen molar-refractivity contribution in [2.75, 3.05) is 18.8 Å². The van der Waals surface area contributed by atoms with E-state index in [1.165, 1.54) is 12.3 Å². The summed E-state index contributed by atoms with van der Waals surface area (Å²) in [6.45, 7) is 1.39.